The topological polar surface area (TPSA) is 57.0 Å². The Labute approximate surface area is 165 Å². The minimum atomic E-state index is -2.95. The lowest BCUT2D eigenvalue weighted by Crippen LogP contribution is -2.24. The van der Waals surface area contributed by atoms with Crippen molar-refractivity contribution in [3.63, 3.8) is 0 Å². The minimum absolute atomic E-state index is 0.0731. The normalized spacial score (nSPS) is 11.2. The van der Waals surface area contributed by atoms with Crippen molar-refractivity contribution in [3.8, 4) is 22.6 Å². The first-order valence-corrected chi connectivity index (χ1v) is 9.08. The number of benzene rings is 2. The molecule has 0 aliphatic heterocycles. The zero-order chi connectivity index (χ0) is 20.4. The molecule has 0 saturated heterocycles. The Morgan fingerprint density at radius 2 is 1.86 bits per heavy atom. The van der Waals surface area contributed by atoms with Gasteiger partial charge in [-0.15, -0.1) is 0 Å². The number of pyridine rings is 1. The van der Waals surface area contributed by atoms with Crippen molar-refractivity contribution in [2.45, 2.75) is 20.0 Å². The lowest BCUT2D eigenvalue weighted by Gasteiger charge is -2.14. The Morgan fingerprint density at radius 3 is 2.59 bits per heavy atom. The fourth-order valence-corrected chi connectivity index (χ4v) is 3.33. The number of alkyl halides is 2. The fourth-order valence-electron chi connectivity index (χ4n) is 3.33. The highest BCUT2D eigenvalue weighted by molar-refractivity contribution is 5.94. The number of fused-ring (bicyclic) bond motifs is 1. The quantitative estimate of drug-likeness (QED) is 0.497. The van der Waals surface area contributed by atoms with E-state index in [0.29, 0.717) is 40.0 Å². The minimum Gasteiger partial charge on any atom is -0.433 e. The number of hydrogen-bond acceptors (Lipinski definition) is 4. The molecule has 0 radical (unpaired) electrons. The second kappa shape index (κ2) is 7.79. The number of hydrogen-bond donors (Lipinski definition) is 0. The smallest absolute Gasteiger partial charge is 0.387 e. The van der Waals surface area contributed by atoms with Gasteiger partial charge in [-0.3, -0.25) is 14.3 Å². The molecule has 0 spiro atoms. The highest BCUT2D eigenvalue weighted by Gasteiger charge is 2.16. The number of aryl methyl sites for hydroxylation is 1. The van der Waals surface area contributed by atoms with Gasteiger partial charge in [-0.05, 0) is 29.8 Å². The second-order valence-electron chi connectivity index (χ2n) is 6.35. The van der Waals surface area contributed by atoms with Crippen LogP contribution in [0.25, 0.3) is 27.7 Å². The van der Waals surface area contributed by atoms with E-state index in [9.17, 15) is 13.6 Å². The molecule has 29 heavy (non-hydrogen) atoms. The molecule has 0 N–H and O–H groups in total. The summed E-state index contributed by atoms with van der Waals surface area (Å²) in [6, 6.07) is 16.0. The van der Waals surface area contributed by atoms with E-state index in [0.717, 1.165) is 0 Å². The number of para-hydroxylation sites is 1. The van der Waals surface area contributed by atoms with Gasteiger partial charge >= 0.3 is 6.61 Å². The summed E-state index contributed by atoms with van der Waals surface area (Å²) in [6.07, 6.45) is 3.28. The Hall–Kier alpha value is -3.61. The van der Waals surface area contributed by atoms with Crippen molar-refractivity contribution in [2.24, 2.45) is 0 Å². The van der Waals surface area contributed by atoms with Crippen LogP contribution in [-0.2, 0) is 6.42 Å². The molecule has 4 rings (SSSR count). The molecule has 2 aromatic heterocycles. The van der Waals surface area contributed by atoms with Crippen LogP contribution in [0.5, 0.6) is 5.75 Å². The zero-order valence-corrected chi connectivity index (χ0v) is 15.5. The van der Waals surface area contributed by atoms with Crippen LogP contribution in [0.3, 0.4) is 0 Å². The molecule has 0 atom stereocenters. The van der Waals surface area contributed by atoms with E-state index in [4.69, 9.17) is 0 Å². The molecule has 0 aliphatic carbocycles. The van der Waals surface area contributed by atoms with Crippen LogP contribution in [0.4, 0.5) is 8.78 Å². The summed E-state index contributed by atoms with van der Waals surface area (Å²) < 4.78 is 31.2. The number of nitrogens with zero attached hydrogens (tertiary/aromatic N) is 3. The highest BCUT2D eigenvalue weighted by Crippen LogP contribution is 2.28. The summed E-state index contributed by atoms with van der Waals surface area (Å²) in [6.45, 7) is -1.02. The first-order valence-electron chi connectivity index (χ1n) is 9.08. The summed E-state index contributed by atoms with van der Waals surface area (Å²) in [5, 5.41) is 0.393. The van der Waals surface area contributed by atoms with Gasteiger partial charge < -0.3 is 4.74 Å². The van der Waals surface area contributed by atoms with Crippen LogP contribution in [-0.4, -0.2) is 21.1 Å². The predicted octanol–water partition coefficient (Wildman–Crippen LogP) is 4.61. The van der Waals surface area contributed by atoms with E-state index >= 15 is 0 Å². The van der Waals surface area contributed by atoms with Crippen LogP contribution in [0, 0.1) is 0 Å². The SMILES string of the molecule is CCc1nc2cccc(-c3cncc(OC(F)F)c3)c2c(=O)n1-c1ccccc1. The van der Waals surface area contributed by atoms with E-state index in [2.05, 4.69) is 14.7 Å². The van der Waals surface area contributed by atoms with E-state index in [-0.39, 0.29) is 11.3 Å². The summed E-state index contributed by atoms with van der Waals surface area (Å²) >= 11 is 0. The van der Waals surface area contributed by atoms with Gasteiger partial charge in [-0.2, -0.15) is 8.78 Å². The number of rotatable bonds is 5. The largest absolute Gasteiger partial charge is 0.433 e. The van der Waals surface area contributed by atoms with Crippen LogP contribution in [0.15, 0.2) is 71.8 Å². The third kappa shape index (κ3) is 3.59. The van der Waals surface area contributed by atoms with Crippen molar-refractivity contribution < 1.29 is 13.5 Å². The fraction of sp³-hybridized carbons (Fsp3) is 0.136. The van der Waals surface area contributed by atoms with Gasteiger partial charge in [0.05, 0.1) is 22.8 Å². The molecule has 7 heteroatoms. The lowest BCUT2D eigenvalue weighted by atomic mass is 10.0. The monoisotopic (exact) mass is 393 g/mol. The standard InChI is InChI=1S/C22H17F2N3O2/c1-2-19-26-18-10-6-9-17(14-11-16(13-25-12-14)29-22(23)24)20(18)21(28)27(19)15-7-4-3-5-8-15/h3-13,22H,2H2,1H3. The highest BCUT2D eigenvalue weighted by atomic mass is 19.3. The second-order valence-corrected chi connectivity index (χ2v) is 6.35. The summed E-state index contributed by atoms with van der Waals surface area (Å²) in [7, 11) is 0. The predicted molar refractivity (Wildman–Crippen MR) is 107 cm³/mol. The van der Waals surface area contributed by atoms with Crippen molar-refractivity contribution in [1.82, 2.24) is 14.5 Å². The Bertz CT molecular complexity index is 1220. The molecule has 0 saturated carbocycles. The van der Waals surface area contributed by atoms with Gasteiger partial charge in [0.25, 0.3) is 5.56 Å². The van der Waals surface area contributed by atoms with Crippen molar-refractivity contribution in [2.75, 3.05) is 0 Å². The average molecular weight is 393 g/mol. The first-order chi connectivity index (χ1) is 14.1. The first kappa shape index (κ1) is 18.7. The Kier molecular flexibility index (Phi) is 5.03. The zero-order valence-electron chi connectivity index (χ0n) is 15.5. The molecule has 2 heterocycles. The van der Waals surface area contributed by atoms with Gasteiger partial charge in [0, 0.05) is 18.2 Å². The van der Waals surface area contributed by atoms with Crippen molar-refractivity contribution in [3.05, 3.63) is 83.2 Å². The molecule has 0 fully saturated rings. The van der Waals surface area contributed by atoms with Crippen LogP contribution in [0.1, 0.15) is 12.7 Å². The third-order valence-electron chi connectivity index (χ3n) is 4.55. The summed E-state index contributed by atoms with van der Waals surface area (Å²) in [5.41, 5.74) is 2.08. The molecular formula is C22H17F2N3O2. The number of ether oxygens (including phenoxy) is 1. The summed E-state index contributed by atoms with van der Waals surface area (Å²) in [5.74, 6) is 0.565. The maximum Gasteiger partial charge on any atom is 0.387 e. The molecule has 5 nitrogen and oxygen atoms in total. The van der Waals surface area contributed by atoms with Crippen molar-refractivity contribution >= 4 is 10.9 Å². The van der Waals surface area contributed by atoms with E-state index in [1.807, 2.05) is 37.3 Å². The van der Waals surface area contributed by atoms with Gasteiger partial charge in [-0.25, -0.2) is 4.98 Å². The van der Waals surface area contributed by atoms with Gasteiger partial charge in [0.1, 0.15) is 11.6 Å². The molecule has 146 valence electrons. The molecule has 4 aromatic rings. The van der Waals surface area contributed by atoms with E-state index in [1.54, 1.807) is 22.8 Å². The van der Waals surface area contributed by atoms with Gasteiger partial charge in [0.2, 0.25) is 0 Å². The van der Waals surface area contributed by atoms with Crippen molar-refractivity contribution in [1.29, 1.82) is 0 Å². The molecule has 0 bridgehead atoms. The van der Waals surface area contributed by atoms with E-state index in [1.165, 1.54) is 18.5 Å². The van der Waals surface area contributed by atoms with E-state index < -0.39 is 6.61 Å². The van der Waals surface area contributed by atoms with Gasteiger partial charge in [0.15, 0.2) is 0 Å². The Morgan fingerprint density at radius 1 is 1.07 bits per heavy atom. The molecule has 2 aromatic carbocycles. The summed E-state index contributed by atoms with van der Waals surface area (Å²) in [4.78, 5) is 22.2. The molecule has 0 unspecified atom stereocenters. The number of aromatic nitrogens is 3. The molecule has 0 aliphatic rings. The van der Waals surface area contributed by atoms with Crippen LogP contribution >= 0.6 is 0 Å². The van der Waals surface area contributed by atoms with Gasteiger partial charge in [-0.1, -0.05) is 37.3 Å². The third-order valence-corrected chi connectivity index (χ3v) is 4.55. The molecule has 0 amide bonds. The Balaban J connectivity index is 1.99. The number of halogens is 2. The van der Waals surface area contributed by atoms with Crippen LogP contribution < -0.4 is 10.3 Å². The lowest BCUT2D eigenvalue weighted by molar-refractivity contribution is -0.0500. The average Bonchev–Trinajstić information content (AvgIpc) is 2.73. The molecular weight excluding hydrogens is 376 g/mol. The maximum absolute atomic E-state index is 13.5. The van der Waals surface area contributed by atoms with Crippen LogP contribution in [0.2, 0.25) is 0 Å². The maximum atomic E-state index is 13.5.